The lowest BCUT2D eigenvalue weighted by atomic mass is 9.84. The first-order valence-electron chi connectivity index (χ1n) is 42.3. The van der Waals surface area contributed by atoms with E-state index in [4.69, 9.17) is 68.0 Å². The summed E-state index contributed by atoms with van der Waals surface area (Å²) in [6, 6.07) is 56.6. The summed E-state index contributed by atoms with van der Waals surface area (Å²) >= 11 is 22.0. The summed E-state index contributed by atoms with van der Waals surface area (Å²) in [7, 11) is 8.42. The van der Waals surface area contributed by atoms with Crippen molar-refractivity contribution in [2.75, 3.05) is 55.0 Å². The largest absolute Gasteiger partial charge is 0.497 e. The predicted molar refractivity (Wildman–Crippen MR) is 521 cm³/mol. The van der Waals surface area contributed by atoms with E-state index >= 15 is 0 Å². The zero-order valence-electron chi connectivity index (χ0n) is 79.2. The lowest BCUT2D eigenvalue weighted by Crippen LogP contribution is -2.11. The van der Waals surface area contributed by atoms with Crippen molar-refractivity contribution >= 4 is 64.0 Å². The molecule has 9 aromatic carbocycles. The van der Waals surface area contributed by atoms with Gasteiger partial charge in [0.1, 0.15) is 40.2 Å². The van der Waals surface area contributed by atoms with Crippen molar-refractivity contribution in [3.05, 3.63) is 267 Å². The molecule has 0 aliphatic heterocycles. The van der Waals surface area contributed by atoms with Crippen LogP contribution in [0.5, 0.6) is 40.2 Å². The van der Waals surface area contributed by atoms with E-state index in [1.165, 1.54) is 77.1 Å². The minimum atomic E-state index is -0.366. The first-order valence-corrected chi connectivity index (χ1v) is 45.6. The van der Waals surface area contributed by atoms with E-state index in [2.05, 4.69) is 270 Å². The maximum absolute atomic E-state index is 10.7. The third-order valence-electron chi connectivity index (χ3n) is 19.1. The number of halogens is 3. The zero-order valence-corrected chi connectivity index (χ0v) is 83.1. The minimum absolute atomic E-state index is 0.116. The Bertz CT molecular complexity index is 4380. The molecule has 0 saturated carbocycles. The summed E-state index contributed by atoms with van der Waals surface area (Å²) in [5.74, 6) is 11.3. The van der Waals surface area contributed by atoms with Gasteiger partial charge in [0.05, 0.1) is 53.7 Å². The molecular formula is C104H150Cl3NO9S2. The van der Waals surface area contributed by atoms with Gasteiger partial charge in [0, 0.05) is 47.3 Å². The molecule has 0 saturated heterocycles. The highest BCUT2D eigenvalue weighted by atomic mass is 35.5. The highest BCUT2D eigenvalue weighted by Gasteiger charge is 2.21. The third-order valence-corrected chi connectivity index (χ3v) is 22.0. The number of nitrogens with zero attached hydrogens (tertiary/aromatic N) is 1. The van der Waals surface area contributed by atoms with Crippen molar-refractivity contribution in [3.8, 4) is 40.2 Å². The van der Waals surface area contributed by atoms with Crippen LogP contribution in [0.1, 0.15) is 325 Å². The Labute approximate surface area is 746 Å². The van der Waals surface area contributed by atoms with Crippen molar-refractivity contribution < 1.29 is 38.1 Å². The number of thioether (sulfide) groups is 2. The summed E-state index contributed by atoms with van der Waals surface area (Å²) in [6.45, 7) is 64.0. The molecule has 9 rings (SSSR count). The van der Waals surface area contributed by atoms with Crippen molar-refractivity contribution in [3.63, 3.8) is 0 Å². The van der Waals surface area contributed by atoms with E-state index in [9.17, 15) is 10.1 Å². The fourth-order valence-corrected chi connectivity index (χ4v) is 15.7. The second-order valence-corrected chi connectivity index (χ2v) is 37.1. The Hall–Kier alpha value is -7.45. The molecule has 0 radical (unpaired) electrons. The molecule has 0 aliphatic carbocycles. The van der Waals surface area contributed by atoms with Gasteiger partial charge in [-0.2, -0.15) is 0 Å². The van der Waals surface area contributed by atoms with Crippen LogP contribution in [-0.2, 0) is 11.8 Å². The molecule has 10 nitrogen and oxygen atoms in total. The number of aryl methyl sites for hydroxylation is 2. The van der Waals surface area contributed by atoms with Crippen LogP contribution in [0.2, 0.25) is 15.1 Å². The lowest BCUT2D eigenvalue weighted by Gasteiger charge is -2.22. The molecule has 0 atom stereocenters. The first-order chi connectivity index (χ1) is 55.9. The van der Waals surface area contributed by atoms with Gasteiger partial charge in [-0.05, 0) is 245 Å². The molecule has 0 spiro atoms. The van der Waals surface area contributed by atoms with Gasteiger partial charge in [0.2, 0.25) is 0 Å². The topological polar surface area (TPSA) is 108 Å². The van der Waals surface area contributed by atoms with Crippen LogP contribution in [0.15, 0.2) is 180 Å². The number of hydrogen-bond donors (Lipinski definition) is 0. The fourth-order valence-electron chi connectivity index (χ4n) is 12.6. The molecule has 0 bridgehead atoms. The summed E-state index contributed by atoms with van der Waals surface area (Å²) in [6.07, 6.45) is 3.17. The molecule has 9 aromatic rings. The maximum Gasteiger partial charge on any atom is 0.273 e. The van der Waals surface area contributed by atoms with Gasteiger partial charge in [-0.3, -0.25) is 10.1 Å². The van der Waals surface area contributed by atoms with Crippen molar-refractivity contribution in [2.45, 2.75) is 287 Å². The van der Waals surface area contributed by atoms with Gasteiger partial charge in [-0.15, -0.1) is 23.5 Å². The predicted octanol–water partition coefficient (Wildman–Crippen LogP) is 33.5. The van der Waals surface area contributed by atoms with Gasteiger partial charge in [0.25, 0.3) is 5.69 Å². The van der Waals surface area contributed by atoms with E-state index in [1.807, 2.05) is 100 Å². The Balaban J connectivity index is 0.000000670. The van der Waals surface area contributed by atoms with Gasteiger partial charge in [-0.1, -0.05) is 293 Å². The first kappa shape index (κ1) is 110. The third kappa shape index (κ3) is 38.7. The number of nitro benzene ring substituents is 1. The number of methoxy groups -OCH3 is 5. The summed E-state index contributed by atoms with van der Waals surface area (Å²) < 4.78 is 37.1. The maximum atomic E-state index is 10.7. The molecule has 658 valence electrons. The molecule has 0 N–H and O–H groups in total. The molecule has 0 fully saturated rings. The molecule has 0 aliphatic rings. The van der Waals surface area contributed by atoms with Crippen LogP contribution in [0.4, 0.5) is 5.69 Å². The van der Waals surface area contributed by atoms with Gasteiger partial charge in [-0.25, -0.2) is 0 Å². The normalized spacial score (nSPS) is 10.8. The fraction of sp³-hybridized carbons (Fsp3) is 0.481. The Morgan fingerprint density at radius 3 is 1.24 bits per heavy atom. The molecule has 0 unspecified atom stereocenters. The second kappa shape index (κ2) is 57.0. The highest BCUT2D eigenvalue weighted by molar-refractivity contribution is 8.00. The Morgan fingerprint density at radius 2 is 0.815 bits per heavy atom. The molecule has 15 heteroatoms. The molecular weight excluding hydrogens is 1580 g/mol. The van der Waals surface area contributed by atoms with E-state index < -0.39 is 0 Å². The quantitative estimate of drug-likeness (QED) is 0.0328. The van der Waals surface area contributed by atoms with Crippen LogP contribution >= 0.6 is 58.3 Å². The zero-order chi connectivity index (χ0) is 90.7. The van der Waals surface area contributed by atoms with Gasteiger partial charge < -0.3 is 33.2 Å². The van der Waals surface area contributed by atoms with Crippen LogP contribution < -0.4 is 33.2 Å². The summed E-state index contributed by atoms with van der Waals surface area (Å²) in [5.41, 5.74) is 16.8. The monoisotopic (exact) mass is 1730 g/mol. The van der Waals surface area contributed by atoms with Crippen LogP contribution in [-0.4, -0.2) is 65.2 Å². The van der Waals surface area contributed by atoms with E-state index in [0.29, 0.717) is 76.4 Å². The lowest BCUT2D eigenvalue weighted by molar-refractivity contribution is -0.385. The molecule has 0 amide bonds. The van der Waals surface area contributed by atoms with Crippen LogP contribution in [0.3, 0.4) is 0 Å². The Kier molecular flexibility index (Phi) is 52.5. The minimum Gasteiger partial charge on any atom is -0.497 e. The van der Waals surface area contributed by atoms with Gasteiger partial charge >= 0.3 is 0 Å². The number of nitro groups is 1. The number of benzene rings is 9. The summed E-state index contributed by atoms with van der Waals surface area (Å²) in [4.78, 5) is 12.9. The molecule has 0 heterocycles. The van der Waals surface area contributed by atoms with Gasteiger partial charge in [0.15, 0.2) is 0 Å². The van der Waals surface area contributed by atoms with E-state index in [1.54, 1.807) is 59.4 Å². The number of rotatable bonds is 24. The van der Waals surface area contributed by atoms with Crippen molar-refractivity contribution in [2.24, 2.45) is 0 Å². The van der Waals surface area contributed by atoms with Crippen LogP contribution in [0.25, 0.3) is 0 Å². The standard InChI is InChI=1S/2C14H22O.C12H17ClS.C12H18O.C11H15ClO.C11H16O.C10H13ClS.C10H13NO3.C10H14O/c1-10(2)12-9-11(14(3,4)5)7-8-13(12)15-6;1-6-15-13-9-7-8-12(10(2)3)14(13)11(4)5;1-8(2)12-10(13)6-5-7-11(12)14-9(3)4;1-5-10-6-7-12(13-4)11(8-10)9(2)3;1-4-13-9-5-6-11(12)10(7-9)8(2)3;1-8(2)10-7-9(3)5-6-11(10)12-4;1-7(2)10-8(11)5-4-6-9(10)12-3;1-7(2)9-6-8(14-3)4-5-10(9)11(12)13;1-8(2)9-5-4-6-10(7-9)11-3/h7-10H,1-6H3;7-11H,6H2,1-5H3;5-9H,1-4H3;6-9H,5H2,1-4H3;5-8H,4H2,1-3H3;5-8H,1-4H3;4-7H,1-3H3;4-7H,1-3H3;4-8H,1-3H3. The number of hydrogen-bond acceptors (Lipinski definition) is 11. The summed E-state index contributed by atoms with van der Waals surface area (Å²) in [5, 5.41) is 13.9. The molecule has 0 aromatic heterocycles. The molecule has 119 heavy (non-hydrogen) atoms. The Morgan fingerprint density at radius 1 is 0.378 bits per heavy atom. The van der Waals surface area contributed by atoms with Crippen molar-refractivity contribution in [1.29, 1.82) is 0 Å². The SMILES string of the molecule is CC(C)Sc1cccc(Cl)c1C(C)C.CCOc1ccc(Cl)c(C(C)C)c1.CCOc1cccc(C(C)C)c1C(C)C.CCc1ccc(OC)c(C(C)C)c1.COc1ccc(C(C)(C)C)cc1C(C)C.COc1ccc(C)cc1C(C)C.COc1ccc([N+](=O)[O-])c(C(C)C)c1.COc1cccc(C(C)C)c1.CSc1cccc(Cl)c1C(C)C. The smallest absolute Gasteiger partial charge is 0.273 e. The average Bonchev–Trinajstić information content (AvgIpc) is 0.819. The van der Waals surface area contributed by atoms with E-state index in [-0.39, 0.29) is 21.9 Å². The number of ether oxygens (including phenoxy) is 7. The van der Waals surface area contributed by atoms with E-state index in [0.717, 1.165) is 68.2 Å². The average molecular weight is 1730 g/mol. The van der Waals surface area contributed by atoms with Crippen molar-refractivity contribution in [1.82, 2.24) is 0 Å². The second-order valence-electron chi connectivity index (χ2n) is 33.4. The van der Waals surface area contributed by atoms with Crippen LogP contribution in [0, 0.1) is 17.0 Å². The highest BCUT2D eigenvalue weighted by Crippen LogP contribution is 2.40.